The smallest absolute Gasteiger partial charge is 0.184 e. The largest absolute Gasteiger partial charge is 0.414 e. The first kappa shape index (κ1) is 22.3. The Hall–Kier alpha value is 0.0938. The van der Waals surface area contributed by atoms with Gasteiger partial charge in [-0.05, 0) is 119 Å². The van der Waals surface area contributed by atoms with Crippen LogP contribution in [0.2, 0.25) is 39.3 Å². The van der Waals surface area contributed by atoms with Gasteiger partial charge in [-0.2, -0.15) is 0 Å². The molecule has 4 aliphatic rings. The van der Waals surface area contributed by atoms with E-state index in [1.807, 2.05) is 0 Å². The van der Waals surface area contributed by atoms with E-state index >= 15 is 0 Å². The molecule has 2 unspecified atom stereocenters. The summed E-state index contributed by atoms with van der Waals surface area (Å²) in [7, 11) is -3.15. The van der Waals surface area contributed by atoms with Crippen molar-refractivity contribution in [1.29, 1.82) is 0 Å². The summed E-state index contributed by atoms with van der Waals surface area (Å²) in [6.07, 6.45) is 14.1. The van der Waals surface area contributed by atoms with Gasteiger partial charge in [0.15, 0.2) is 16.6 Å². The number of hydrogen-bond acceptors (Lipinski definition) is 2. The summed E-state index contributed by atoms with van der Waals surface area (Å²) < 4.78 is 13.9. The quantitative estimate of drug-likeness (QED) is 0.339. The Morgan fingerprint density at radius 2 is 1.62 bits per heavy atom. The van der Waals surface area contributed by atoms with Gasteiger partial charge in [0, 0.05) is 6.10 Å². The molecule has 4 aliphatic carbocycles. The normalized spacial score (nSPS) is 45.2. The number of rotatable bonds is 4. The Kier molecular flexibility index (Phi) is 5.62. The summed E-state index contributed by atoms with van der Waals surface area (Å²) in [5.74, 6) is 2.37. The molecule has 4 heteroatoms. The van der Waals surface area contributed by atoms with Crippen molar-refractivity contribution in [3.8, 4) is 0 Å². The van der Waals surface area contributed by atoms with Crippen LogP contribution in [-0.2, 0) is 8.85 Å². The Morgan fingerprint density at radius 1 is 0.931 bits per heavy atom. The second-order valence-electron chi connectivity index (χ2n) is 13.1. The van der Waals surface area contributed by atoms with Crippen LogP contribution in [0.25, 0.3) is 0 Å². The van der Waals surface area contributed by atoms with Crippen molar-refractivity contribution in [2.45, 2.75) is 117 Å². The minimum absolute atomic E-state index is 0.304. The van der Waals surface area contributed by atoms with Crippen LogP contribution in [0.5, 0.6) is 0 Å². The first-order chi connectivity index (χ1) is 13.3. The molecular weight excluding hydrogens is 388 g/mol. The predicted molar refractivity (Wildman–Crippen MR) is 128 cm³/mol. The molecule has 0 amide bonds. The first-order valence-electron chi connectivity index (χ1n) is 12.4. The summed E-state index contributed by atoms with van der Waals surface area (Å²) >= 11 is 0. The molecule has 0 aromatic rings. The van der Waals surface area contributed by atoms with Crippen molar-refractivity contribution in [1.82, 2.24) is 0 Å². The highest BCUT2D eigenvalue weighted by Gasteiger charge is 2.63. The molecule has 0 aromatic carbocycles. The minimum Gasteiger partial charge on any atom is -0.414 e. The molecule has 0 heterocycles. The third kappa shape index (κ3) is 4.01. The molecule has 0 spiro atoms. The Balaban J connectivity index is 1.72. The lowest BCUT2D eigenvalue weighted by Crippen LogP contribution is -2.59. The van der Waals surface area contributed by atoms with Crippen molar-refractivity contribution in [3.63, 3.8) is 0 Å². The van der Waals surface area contributed by atoms with Crippen molar-refractivity contribution >= 4 is 16.6 Å². The van der Waals surface area contributed by atoms with E-state index in [4.69, 9.17) is 8.85 Å². The summed E-state index contributed by atoms with van der Waals surface area (Å²) in [5, 5.41) is 0. The zero-order valence-corrected chi connectivity index (χ0v) is 22.4. The van der Waals surface area contributed by atoms with Crippen molar-refractivity contribution in [2.75, 3.05) is 0 Å². The molecule has 0 N–H and O–H groups in total. The average Bonchev–Trinajstić information content (AvgIpc) is 2.87. The molecule has 0 radical (unpaired) electrons. The highest BCUT2D eigenvalue weighted by molar-refractivity contribution is 6.70. The summed E-state index contributed by atoms with van der Waals surface area (Å²) in [5.41, 5.74) is 2.47. The lowest BCUT2D eigenvalue weighted by Gasteiger charge is -2.61. The molecule has 29 heavy (non-hydrogen) atoms. The maximum Gasteiger partial charge on any atom is 0.184 e. The van der Waals surface area contributed by atoms with Gasteiger partial charge in [-0.1, -0.05) is 25.5 Å². The minimum atomic E-state index is -1.61. The van der Waals surface area contributed by atoms with Crippen molar-refractivity contribution < 1.29 is 8.85 Å². The van der Waals surface area contributed by atoms with E-state index in [9.17, 15) is 0 Å². The summed E-state index contributed by atoms with van der Waals surface area (Å²) in [6.45, 7) is 19.5. The fraction of sp³-hybridized carbons (Fsp3) is 0.920. The maximum atomic E-state index is 7.08. The van der Waals surface area contributed by atoms with E-state index in [1.54, 1.807) is 5.57 Å². The van der Waals surface area contributed by atoms with Crippen LogP contribution in [0.3, 0.4) is 0 Å². The van der Waals surface area contributed by atoms with Crippen molar-refractivity contribution in [3.05, 3.63) is 11.6 Å². The van der Waals surface area contributed by atoms with Gasteiger partial charge in [0.25, 0.3) is 0 Å². The van der Waals surface area contributed by atoms with Gasteiger partial charge in [-0.3, -0.25) is 0 Å². The molecular formula is C25H46O2Si2. The Morgan fingerprint density at radius 3 is 2.28 bits per heavy atom. The first-order valence-corrected chi connectivity index (χ1v) is 19.2. The molecule has 7 atom stereocenters. The van der Waals surface area contributed by atoms with Gasteiger partial charge in [0.1, 0.15) is 0 Å². The molecule has 0 bridgehead atoms. The van der Waals surface area contributed by atoms with Crippen LogP contribution in [-0.4, -0.2) is 28.8 Å². The molecule has 3 saturated carbocycles. The van der Waals surface area contributed by atoms with Crippen LogP contribution < -0.4 is 0 Å². The Bertz CT molecular complexity index is 661. The van der Waals surface area contributed by atoms with Gasteiger partial charge >= 0.3 is 0 Å². The van der Waals surface area contributed by atoms with Crippen LogP contribution in [0, 0.1) is 28.6 Å². The summed E-state index contributed by atoms with van der Waals surface area (Å²) in [6, 6.07) is 0. The number of allylic oxidation sites excluding steroid dienone is 2. The van der Waals surface area contributed by atoms with E-state index in [-0.39, 0.29) is 0 Å². The van der Waals surface area contributed by atoms with Crippen LogP contribution >= 0.6 is 0 Å². The van der Waals surface area contributed by atoms with Gasteiger partial charge in [0.2, 0.25) is 0 Å². The molecule has 2 nitrogen and oxygen atoms in total. The second-order valence-corrected chi connectivity index (χ2v) is 22.1. The highest BCUT2D eigenvalue weighted by atomic mass is 28.4. The van der Waals surface area contributed by atoms with Gasteiger partial charge < -0.3 is 8.85 Å². The van der Waals surface area contributed by atoms with E-state index in [0.29, 0.717) is 23.0 Å². The zero-order valence-electron chi connectivity index (χ0n) is 20.4. The predicted octanol–water partition coefficient (Wildman–Crippen LogP) is 7.39. The monoisotopic (exact) mass is 434 g/mol. The SMILES string of the molecule is C[C@]12CCCC=C1CC[C@@H]1[C@@H]2C(O[Si](C)(C)C)C[C@]2(C)C(O[Si](C)(C)C)CC[C@@H]12. The highest BCUT2D eigenvalue weighted by Crippen LogP contribution is 2.66. The third-order valence-electron chi connectivity index (χ3n) is 8.85. The standard InChI is InChI=1S/C25H46O2Si2/c1-24-16-10-9-11-18(24)12-13-19-20-14-15-22(27-29(6,7)8)25(20,2)17-21(23(19)24)26-28(3,4)5/h11,19-23H,9-10,12-17H2,1-8H3/t19-,20-,21?,22?,23+,24-,25-/m0/s1. The van der Waals surface area contributed by atoms with Gasteiger partial charge in [-0.25, -0.2) is 0 Å². The maximum absolute atomic E-state index is 7.08. The molecule has 0 aliphatic heterocycles. The van der Waals surface area contributed by atoms with Crippen molar-refractivity contribution in [2.24, 2.45) is 28.6 Å². The Labute approximate surface area is 182 Å². The third-order valence-corrected chi connectivity index (χ3v) is 10.9. The molecule has 4 rings (SSSR count). The van der Waals surface area contributed by atoms with Crippen LogP contribution in [0.4, 0.5) is 0 Å². The number of hydrogen-bond donors (Lipinski definition) is 0. The molecule has 3 fully saturated rings. The van der Waals surface area contributed by atoms with E-state index < -0.39 is 16.6 Å². The summed E-state index contributed by atoms with van der Waals surface area (Å²) in [4.78, 5) is 0. The van der Waals surface area contributed by atoms with E-state index in [1.165, 1.54) is 51.4 Å². The zero-order chi connectivity index (χ0) is 21.2. The van der Waals surface area contributed by atoms with Gasteiger partial charge in [0.05, 0.1) is 6.10 Å². The fourth-order valence-electron chi connectivity index (χ4n) is 7.98. The molecule has 0 saturated heterocycles. The fourth-order valence-corrected chi connectivity index (χ4v) is 10.4. The second kappa shape index (κ2) is 7.32. The average molecular weight is 435 g/mol. The van der Waals surface area contributed by atoms with Gasteiger partial charge in [-0.15, -0.1) is 0 Å². The molecule has 166 valence electrons. The van der Waals surface area contributed by atoms with E-state index in [2.05, 4.69) is 59.2 Å². The lowest BCUT2D eigenvalue weighted by molar-refractivity contribution is -0.130. The molecule has 0 aromatic heterocycles. The van der Waals surface area contributed by atoms with Crippen LogP contribution in [0.1, 0.15) is 65.2 Å². The van der Waals surface area contributed by atoms with E-state index in [0.717, 1.165) is 17.8 Å². The number of fused-ring (bicyclic) bond motifs is 5. The lowest BCUT2D eigenvalue weighted by atomic mass is 9.46. The van der Waals surface area contributed by atoms with Crippen LogP contribution in [0.15, 0.2) is 11.6 Å². The topological polar surface area (TPSA) is 18.5 Å².